The molecule has 0 atom stereocenters. The number of rotatable bonds is 3. The van der Waals surface area contributed by atoms with Gasteiger partial charge in [0.1, 0.15) is 0 Å². The summed E-state index contributed by atoms with van der Waals surface area (Å²) in [6.07, 6.45) is 4.20. The summed E-state index contributed by atoms with van der Waals surface area (Å²) in [5.41, 5.74) is 0. The molecule has 0 saturated heterocycles. The first-order chi connectivity index (χ1) is 6.27. The summed E-state index contributed by atoms with van der Waals surface area (Å²) in [4.78, 5) is 3.95. The predicted molar refractivity (Wildman–Crippen MR) is 55.2 cm³/mol. The number of nitrogens with zero attached hydrogens (tertiary/aromatic N) is 1. The Morgan fingerprint density at radius 1 is 1.62 bits per heavy atom. The molecular formula is C9H9BrClNO. The van der Waals surface area contributed by atoms with Gasteiger partial charge in [0.05, 0.1) is 11.1 Å². The second kappa shape index (κ2) is 3.84. The Kier molecular flexibility index (Phi) is 2.74. The fourth-order valence-electron chi connectivity index (χ4n) is 1.02. The highest BCUT2D eigenvalue weighted by Crippen LogP contribution is 2.34. The second-order valence-electron chi connectivity index (χ2n) is 3.17. The third kappa shape index (κ3) is 2.35. The lowest BCUT2D eigenvalue weighted by Gasteiger charge is -2.07. The molecule has 0 spiro atoms. The molecule has 1 heterocycles. The topological polar surface area (TPSA) is 22.1 Å². The minimum Gasteiger partial charge on any atom is -0.489 e. The van der Waals surface area contributed by atoms with Gasteiger partial charge >= 0.3 is 0 Å². The number of pyridine rings is 1. The number of ether oxygens (including phenoxy) is 1. The van der Waals surface area contributed by atoms with Gasteiger partial charge in [-0.2, -0.15) is 0 Å². The minimum absolute atomic E-state index is 0.426. The Morgan fingerprint density at radius 3 is 3.00 bits per heavy atom. The van der Waals surface area contributed by atoms with Crippen molar-refractivity contribution in [1.29, 1.82) is 0 Å². The number of halogens is 2. The van der Waals surface area contributed by atoms with Gasteiger partial charge in [-0.1, -0.05) is 11.6 Å². The van der Waals surface area contributed by atoms with E-state index in [1.54, 1.807) is 6.20 Å². The van der Waals surface area contributed by atoms with Crippen LogP contribution in [0, 0.1) is 5.92 Å². The molecule has 1 fully saturated rings. The number of aromatic nitrogens is 1. The van der Waals surface area contributed by atoms with Crippen LogP contribution in [0.15, 0.2) is 16.7 Å². The zero-order chi connectivity index (χ0) is 9.26. The third-order valence-corrected chi connectivity index (χ3v) is 2.87. The zero-order valence-electron chi connectivity index (χ0n) is 6.96. The van der Waals surface area contributed by atoms with Crippen LogP contribution < -0.4 is 4.74 Å². The van der Waals surface area contributed by atoms with E-state index in [2.05, 4.69) is 20.9 Å². The van der Waals surface area contributed by atoms with Crippen molar-refractivity contribution in [3.8, 4) is 5.75 Å². The van der Waals surface area contributed by atoms with Gasteiger partial charge in [-0.25, -0.2) is 4.98 Å². The Bertz CT molecular complexity index is 294. The molecule has 1 aromatic rings. The summed E-state index contributed by atoms with van der Waals surface area (Å²) >= 11 is 9.24. The van der Waals surface area contributed by atoms with Crippen LogP contribution in [0.1, 0.15) is 12.8 Å². The summed E-state index contributed by atoms with van der Waals surface area (Å²) < 4.78 is 6.42. The standard InChI is InChI=1S/C9H9BrClNO/c10-7-3-4-12-9(11)8(7)13-5-6-1-2-6/h3-4,6H,1-2,5H2. The summed E-state index contributed by atoms with van der Waals surface area (Å²) in [5, 5.41) is 0.426. The van der Waals surface area contributed by atoms with Crippen molar-refractivity contribution in [3.63, 3.8) is 0 Å². The highest BCUT2D eigenvalue weighted by molar-refractivity contribution is 9.10. The average molecular weight is 263 g/mol. The molecule has 0 aromatic carbocycles. The zero-order valence-corrected chi connectivity index (χ0v) is 9.31. The summed E-state index contributed by atoms with van der Waals surface area (Å²) in [7, 11) is 0. The molecule has 2 rings (SSSR count). The van der Waals surface area contributed by atoms with E-state index < -0.39 is 0 Å². The Labute approximate surface area is 90.4 Å². The molecular weight excluding hydrogens is 253 g/mol. The average Bonchev–Trinajstić information content (AvgIpc) is 2.87. The van der Waals surface area contributed by atoms with E-state index in [1.807, 2.05) is 6.07 Å². The molecule has 13 heavy (non-hydrogen) atoms. The van der Waals surface area contributed by atoms with Crippen molar-refractivity contribution in [2.45, 2.75) is 12.8 Å². The summed E-state index contributed by atoms with van der Waals surface area (Å²) in [6, 6.07) is 1.83. The lowest BCUT2D eigenvalue weighted by atomic mass is 10.4. The molecule has 1 aliphatic rings. The van der Waals surface area contributed by atoms with Crippen molar-refractivity contribution >= 4 is 27.5 Å². The van der Waals surface area contributed by atoms with Gasteiger partial charge in [-0.3, -0.25) is 0 Å². The number of hydrogen-bond donors (Lipinski definition) is 0. The maximum absolute atomic E-state index is 5.87. The lowest BCUT2D eigenvalue weighted by Crippen LogP contribution is -2.00. The van der Waals surface area contributed by atoms with E-state index in [4.69, 9.17) is 16.3 Å². The molecule has 0 N–H and O–H groups in total. The van der Waals surface area contributed by atoms with E-state index in [0.717, 1.165) is 17.0 Å². The van der Waals surface area contributed by atoms with Crippen molar-refractivity contribution in [2.24, 2.45) is 5.92 Å². The SMILES string of the molecule is Clc1nccc(Br)c1OCC1CC1. The first-order valence-corrected chi connectivity index (χ1v) is 5.37. The highest BCUT2D eigenvalue weighted by Gasteiger charge is 2.22. The Balaban J connectivity index is 2.07. The van der Waals surface area contributed by atoms with E-state index in [9.17, 15) is 0 Å². The van der Waals surface area contributed by atoms with Crippen molar-refractivity contribution in [2.75, 3.05) is 6.61 Å². The van der Waals surface area contributed by atoms with Crippen LogP contribution in [0.4, 0.5) is 0 Å². The van der Waals surface area contributed by atoms with Gasteiger partial charge in [-0.15, -0.1) is 0 Å². The van der Waals surface area contributed by atoms with Gasteiger partial charge in [-0.05, 0) is 40.8 Å². The fourth-order valence-corrected chi connectivity index (χ4v) is 1.76. The molecule has 70 valence electrons. The van der Waals surface area contributed by atoms with E-state index in [-0.39, 0.29) is 0 Å². The van der Waals surface area contributed by atoms with E-state index >= 15 is 0 Å². The van der Waals surface area contributed by atoms with Crippen molar-refractivity contribution < 1.29 is 4.74 Å². The molecule has 1 aromatic heterocycles. The highest BCUT2D eigenvalue weighted by atomic mass is 79.9. The quantitative estimate of drug-likeness (QED) is 0.780. The van der Waals surface area contributed by atoms with Crippen LogP contribution in [0.3, 0.4) is 0 Å². The molecule has 0 aliphatic heterocycles. The molecule has 4 heteroatoms. The normalized spacial score (nSPS) is 15.8. The van der Waals surface area contributed by atoms with Gasteiger partial charge in [0.2, 0.25) is 0 Å². The first-order valence-electron chi connectivity index (χ1n) is 4.20. The summed E-state index contributed by atoms with van der Waals surface area (Å²) in [5.74, 6) is 1.39. The van der Waals surface area contributed by atoms with E-state index in [0.29, 0.717) is 10.9 Å². The third-order valence-electron chi connectivity index (χ3n) is 1.97. The second-order valence-corrected chi connectivity index (χ2v) is 4.38. The molecule has 0 radical (unpaired) electrons. The molecule has 0 bridgehead atoms. The maximum atomic E-state index is 5.87. The predicted octanol–water partition coefficient (Wildman–Crippen LogP) is 3.29. The molecule has 0 unspecified atom stereocenters. The van der Waals surface area contributed by atoms with Gasteiger partial charge < -0.3 is 4.74 Å². The van der Waals surface area contributed by atoms with Crippen LogP contribution in [0.25, 0.3) is 0 Å². The van der Waals surface area contributed by atoms with Gasteiger partial charge in [0, 0.05) is 6.20 Å². The van der Waals surface area contributed by atoms with Crippen LogP contribution in [0.5, 0.6) is 5.75 Å². The van der Waals surface area contributed by atoms with Crippen molar-refractivity contribution in [1.82, 2.24) is 4.98 Å². The van der Waals surface area contributed by atoms with Crippen LogP contribution in [-0.2, 0) is 0 Å². The van der Waals surface area contributed by atoms with E-state index in [1.165, 1.54) is 12.8 Å². The monoisotopic (exact) mass is 261 g/mol. The maximum Gasteiger partial charge on any atom is 0.172 e. The molecule has 1 aliphatic carbocycles. The van der Waals surface area contributed by atoms with Crippen LogP contribution >= 0.6 is 27.5 Å². The van der Waals surface area contributed by atoms with Crippen LogP contribution in [0.2, 0.25) is 5.15 Å². The van der Waals surface area contributed by atoms with Gasteiger partial charge in [0.15, 0.2) is 10.9 Å². The lowest BCUT2D eigenvalue weighted by molar-refractivity contribution is 0.297. The Morgan fingerprint density at radius 2 is 2.38 bits per heavy atom. The van der Waals surface area contributed by atoms with Crippen LogP contribution in [-0.4, -0.2) is 11.6 Å². The number of hydrogen-bond acceptors (Lipinski definition) is 2. The Hall–Kier alpha value is -0.280. The largest absolute Gasteiger partial charge is 0.489 e. The van der Waals surface area contributed by atoms with Crippen molar-refractivity contribution in [3.05, 3.63) is 21.9 Å². The summed E-state index contributed by atoms with van der Waals surface area (Å²) in [6.45, 7) is 0.754. The van der Waals surface area contributed by atoms with Gasteiger partial charge in [0.25, 0.3) is 0 Å². The minimum atomic E-state index is 0.426. The smallest absolute Gasteiger partial charge is 0.172 e. The molecule has 1 saturated carbocycles. The molecule has 2 nitrogen and oxygen atoms in total. The fraction of sp³-hybridized carbons (Fsp3) is 0.444. The first kappa shape index (κ1) is 9.28. The molecule has 0 amide bonds.